The molecule has 1 saturated heterocycles. The molecule has 3 N–H and O–H groups in total. The summed E-state index contributed by atoms with van der Waals surface area (Å²) in [7, 11) is -1.67. The van der Waals surface area contributed by atoms with E-state index in [1.54, 1.807) is 6.07 Å². The summed E-state index contributed by atoms with van der Waals surface area (Å²) in [5, 5.41) is 8.43. The highest BCUT2D eigenvalue weighted by molar-refractivity contribution is 7.89. The number of primary sulfonamides is 1. The van der Waals surface area contributed by atoms with Gasteiger partial charge in [0.1, 0.15) is 10.7 Å². The lowest BCUT2D eigenvalue weighted by molar-refractivity contribution is 0.562. The molecule has 2 heterocycles. The van der Waals surface area contributed by atoms with Gasteiger partial charge in [-0.25, -0.2) is 18.5 Å². The first-order valence-electron chi connectivity index (χ1n) is 6.41. The second kappa shape index (κ2) is 5.85. The Kier molecular flexibility index (Phi) is 4.38. The van der Waals surface area contributed by atoms with Crippen LogP contribution in [0, 0.1) is 0 Å². The molecule has 1 aliphatic heterocycles. The molecule has 0 radical (unpaired) electrons. The van der Waals surface area contributed by atoms with Gasteiger partial charge < -0.3 is 10.2 Å². The van der Waals surface area contributed by atoms with Gasteiger partial charge in [0.2, 0.25) is 10.0 Å². The molecule has 1 aliphatic rings. The summed E-state index contributed by atoms with van der Waals surface area (Å²) in [5.41, 5.74) is 0. The van der Waals surface area contributed by atoms with E-state index < -0.39 is 10.0 Å². The highest BCUT2D eigenvalue weighted by Gasteiger charge is 2.18. The Balaban J connectivity index is 2.12. The maximum Gasteiger partial charge on any atom is 0.239 e. The molecule has 0 bridgehead atoms. The molecule has 0 saturated carbocycles. The fourth-order valence-corrected chi connectivity index (χ4v) is 2.78. The van der Waals surface area contributed by atoms with Crippen LogP contribution in [-0.2, 0) is 10.0 Å². The summed E-state index contributed by atoms with van der Waals surface area (Å²) >= 11 is 0. The van der Waals surface area contributed by atoms with Crippen LogP contribution in [0.3, 0.4) is 0 Å². The molecule has 7 heteroatoms. The summed E-state index contributed by atoms with van der Waals surface area (Å²) in [5.74, 6) is 0.777. The van der Waals surface area contributed by atoms with E-state index in [1.807, 2.05) is 7.05 Å². The fourth-order valence-electron chi connectivity index (χ4n) is 2.32. The zero-order chi connectivity index (χ0) is 13.9. The third-order valence-corrected chi connectivity index (χ3v) is 4.40. The van der Waals surface area contributed by atoms with E-state index in [0.29, 0.717) is 6.04 Å². The molecule has 0 amide bonds. The molecule has 0 spiro atoms. The van der Waals surface area contributed by atoms with Gasteiger partial charge in [0, 0.05) is 19.3 Å². The van der Waals surface area contributed by atoms with Crippen molar-refractivity contribution >= 4 is 15.8 Å². The average Bonchev–Trinajstić information content (AvgIpc) is 2.66. The first kappa shape index (κ1) is 14.2. The van der Waals surface area contributed by atoms with Crippen molar-refractivity contribution < 1.29 is 8.42 Å². The average molecular weight is 284 g/mol. The lowest BCUT2D eigenvalue weighted by Crippen LogP contribution is -2.33. The minimum Gasteiger partial charge on any atom is -0.357 e. The Bertz CT molecular complexity index is 507. The van der Waals surface area contributed by atoms with Gasteiger partial charge >= 0.3 is 0 Å². The second-order valence-electron chi connectivity index (χ2n) is 4.84. The zero-order valence-corrected chi connectivity index (χ0v) is 11.9. The van der Waals surface area contributed by atoms with Crippen LogP contribution in [0.4, 0.5) is 5.82 Å². The van der Waals surface area contributed by atoms with E-state index in [9.17, 15) is 8.42 Å². The minimum absolute atomic E-state index is 0.0483. The van der Waals surface area contributed by atoms with Crippen LogP contribution >= 0.6 is 0 Å². The third kappa shape index (κ3) is 3.65. The number of rotatable bonds is 3. The van der Waals surface area contributed by atoms with Gasteiger partial charge in [0.15, 0.2) is 0 Å². The molecule has 2 rings (SSSR count). The molecule has 1 aromatic rings. The van der Waals surface area contributed by atoms with Crippen molar-refractivity contribution in [1.82, 2.24) is 10.3 Å². The molecule has 0 aromatic carbocycles. The van der Waals surface area contributed by atoms with E-state index in [1.165, 1.54) is 12.3 Å². The highest BCUT2D eigenvalue weighted by atomic mass is 32.2. The van der Waals surface area contributed by atoms with E-state index in [2.05, 4.69) is 15.2 Å². The van der Waals surface area contributed by atoms with Gasteiger partial charge in [0.25, 0.3) is 0 Å². The molecule has 106 valence electrons. The normalized spacial score (nSPS) is 20.8. The summed E-state index contributed by atoms with van der Waals surface area (Å²) in [6.45, 7) is 2.06. The molecule has 1 unspecified atom stereocenters. The first-order chi connectivity index (χ1) is 8.98. The molecule has 19 heavy (non-hydrogen) atoms. The Hall–Kier alpha value is -1.18. The smallest absolute Gasteiger partial charge is 0.239 e. The molecule has 6 nitrogen and oxygen atoms in total. The summed E-state index contributed by atoms with van der Waals surface area (Å²) < 4.78 is 22.4. The lowest BCUT2D eigenvalue weighted by Gasteiger charge is -2.28. The number of nitrogens with one attached hydrogen (secondary N) is 1. The molecule has 0 aliphatic carbocycles. The van der Waals surface area contributed by atoms with Crippen molar-refractivity contribution in [2.75, 3.05) is 25.0 Å². The number of hydrogen-bond acceptors (Lipinski definition) is 5. The topological polar surface area (TPSA) is 88.3 Å². The summed E-state index contributed by atoms with van der Waals surface area (Å²) in [4.78, 5) is 6.36. The van der Waals surface area contributed by atoms with E-state index in [-0.39, 0.29) is 4.90 Å². The van der Waals surface area contributed by atoms with Crippen LogP contribution in [0.25, 0.3) is 0 Å². The Morgan fingerprint density at radius 1 is 1.37 bits per heavy atom. The summed E-state index contributed by atoms with van der Waals surface area (Å²) in [6.07, 6.45) is 4.64. The van der Waals surface area contributed by atoms with Crippen molar-refractivity contribution in [2.45, 2.75) is 30.2 Å². The zero-order valence-electron chi connectivity index (χ0n) is 11.0. The molecular formula is C12H20N4O2S. The van der Waals surface area contributed by atoms with Gasteiger partial charge in [-0.2, -0.15) is 0 Å². The van der Waals surface area contributed by atoms with Crippen LogP contribution in [0.1, 0.15) is 19.3 Å². The van der Waals surface area contributed by atoms with Crippen molar-refractivity contribution in [3.8, 4) is 0 Å². The third-order valence-electron chi connectivity index (χ3n) is 3.50. The predicted octanol–water partition coefficient (Wildman–Crippen LogP) is 0.307. The predicted molar refractivity (Wildman–Crippen MR) is 74.5 cm³/mol. The molecule has 1 aromatic heterocycles. The van der Waals surface area contributed by atoms with Crippen LogP contribution in [0.15, 0.2) is 23.2 Å². The first-order valence-corrected chi connectivity index (χ1v) is 7.95. The number of hydrogen-bond donors (Lipinski definition) is 2. The standard InChI is InChI=1S/C12H20N4O2S/c1-16(10-3-2-7-14-8-6-10)12-5-4-11(9-15-12)19(13,17)18/h4-5,9-10,14H,2-3,6-8H2,1H3,(H2,13,17,18). The number of sulfonamides is 1. The number of nitrogens with two attached hydrogens (primary N) is 1. The number of anilines is 1. The van der Waals surface area contributed by atoms with Crippen LogP contribution < -0.4 is 15.4 Å². The maximum atomic E-state index is 11.2. The monoisotopic (exact) mass is 284 g/mol. The van der Waals surface area contributed by atoms with Crippen LogP contribution in [0.5, 0.6) is 0 Å². The van der Waals surface area contributed by atoms with Gasteiger partial charge in [0.05, 0.1) is 0 Å². The van der Waals surface area contributed by atoms with Gasteiger partial charge in [-0.3, -0.25) is 0 Å². The van der Waals surface area contributed by atoms with Crippen molar-refractivity contribution in [3.05, 3.63) is 18.3 Å². The van der Waals surface area contributed by atoms with Crippen LogP contribution in [-0.4, -0.2) is 39.6 Å². The van der Waals surface area contributed by atoms with E-state index in [4.69, 9.17) is 5.14 Å². The highest BCUT2D eigenvalue weighted by Crippen LogP contribution is 2.19. The van der Waals surface area contributed by atoms with Crippen molar-refractivity contribution in [1.29, 1.82) is 0 Å². The SMILES string of the molecule is CN(c1ccc(S(N)(=O)=O)cn1)C1CCCNCC1. The van der Waals surface area contributed by atoms with Crippen molar-refractivity contribution in [3.63, 3.8) is 0 Å². The van der Waals surface area contributed by atoms with Gasteiger partial charge in [-0.1, -0.05) is 0 Å². The molecule has 1 atom stereocenters. The summed E-state index contributed by atoms with van der Waals surface area (Å²) in [6, 6.07) is 3.64. The number of aromatic nitrogens is 1. The van der Waals surface area contributed by atoms with Crippen molar-refractivity contribution in [2.24, 2.45) is 5.14 Å². The maximum absolute atomic E-state index is 11.2. The molecule has 1 fully saturated rings. The Morgan fingerprint density at radius 2 is 2.16 bits per heavy atom. The fraction of sp³-hybridized carbons (Fsp3) is 0.583. The number of pyridine rings is 1. The Labute approximate surface area is 114 Å². The van der Waals surface area contributed by atoms with Gasteiger partial charge in [-0.15, -0.1) is 0 Å². The van der Waals surface area contributed by atoms with Gasteiger partial charge in [-0.05, 0) is 44.5 Å². The van der Waals surface area contributed by atoms with Crippen LogP contribution in [0.2, 0.25) is 0 Å². The minimum atomic E-state index is -3.67. The second-order valence-corrected chi connectivity index (χ2v) is 6.40. The quantitative estimate of drug-likeness (QED) is 0.834. The van der Waals surface area contributed by atoms with E-state index in [0.717, 1.165) is 38.2 Å². The largest absolute Gasteiger partial charge is 0.357 e. The Morgan fingerprint density at radius 3 is 2.79 bits per heavy atom. The molecular weight excluding hydrogens is 264 g/mol. The van der Waals surface area contributed by atoms with E-state index >= 15 is 0 Å². The number of nitrogens with zero attached hydrogens (tertiary/aromatic N) is 2. The lowest BCUT2D eigenvalue weighted by atomic mass is 10.1.